The average Bonchev–Trinajstić information content (AvgIpc) is 2.73. The number of fused-ring (bicyclic) bond motifs is 1. The van der Waals surface area contributed by atoms with Gasteiger partial charge in [-0.25, -0.2) is 13.4 Å². The molecule has 1 saturated heterocycles. The molecule has 1 aliphatic heterocycles. The number of anilines is 1. The Labute approximate surface area is 111 Å². The second-order valence-electron chi connectivity index (χ2n) is 4.89. The van der Waals surface area contributed by atoms with E-state index in [2.05, 4.69) is 14.9 Å². The van der Waals surface area contributed by atoms with Crippen LogP contribution in [0.2, 0.25) is 0 Å². The molecule has 1 aliphatic rings. The number of nitrogen functional groups attached to an aromatic ring is 1. The zero-order valence-corrected chi connectivity index (χ0v) is 11.3. The van der Waals surface area contributed by atoms with Crippen LogP contribution in [0, 0.1) is 0 Å². The van der Waals surface area contributed by atoms with E-state index in [1.165, 1.54) is 0 Å². The number of hydrogen-bond acceptors (Lipinski definition) is 5. The van der Waals surface area contributed by atoms with Crippen LogP contribution in [0.1, 0.15) is 5.82 Å². The molecule has 0 spiro atoms. The Hall–Kier alpha value is -1.60. The minimum absolute atomic E-state index is 0.236. The maximum absolute atomic E-state index is 11.4. The average molecular weight is 280 g/mol. The molecule has 6 nitrogen and oxygen atoms in total. The Morgan fingerprint density at radius 2 is 2.05 bits per heavy atom. The molecule has 3 rings (SSSR count). The van der Waals surface area contributed by atoms with E-state index in [0.717, 1.165) is 16.9 Å². The Morgan fingerprint density at radius 1 is 1.32 bits per heavy atom. The highest BCUT2D eigenvalue weighted by Gasteiger charge is 2.22. The van der Waals surface area contributed by atoms with Crippen LogP contribution in [0.3, 0.4) is 0 Å². The quantitative estimate of drug-likeness (QED) is 0.776. The summed E-state index contributed by atoms with van der Waals surface area (Å²) in [6.45, 7) is 1.78. The lowest BCUT2D eigenvalue weighted by molar-refractivity contribution is 0.281. The van der Waals surface area contributed by atoms with Gasteiger partial charge in [0.25, 0.3) is 0 Å². The normalized spacial score (nSPS) is 19.8. The summed E-state index contributed by atoms with van der Waals surface area (Å²) in [7, 11) is -2.83. The summed E-state index contributed by atoms with van der Waals surface area (Å²) in [5.74, 6) is 1.32. The number of benzene rings is 1. The van der Waals surface area contributed by atoms with Crippen molar-refractivity contribution in [3.05, 3.63) is 24.0 Å². The van der Waals surface area contributed by atoms with Crippen LogP contribution in [0.25, 0.3) is 11.0 Å². The van der Waals surface area contributed by atoms with Gasteiger partial charge in [-0.3, -0.25) is 4.90 Å². The van der Waals surface area contributed by atoms with Crippen molar-refractivity contribution in [3.63, 3.8) is 0 Å². The highest BCUT2D eigenvalue weighted by molar-refractivity contribution is 7.91. The van der Waals surface area contributed by atoms with Crippen LogP contribution in [0.5, 0.6) is 0 Å². The molecular formula is C12H16N4O2S. The molecule has 1 fully saturated rings. The summed E-state index contributed by atoms with van der Waals surface area (Å²) < 4.78 is 22.7. The van der Waals surface area contributed by atoms with E-state index in [0.29, 0.717) is 25.3 Å². The first-order valence-electron chi connectivity index (χ1n) is 6.19. The van der Waals surface area contributed by atoms with Crippen molar-refractivity contribution in [2.24, 2.45) is 0 Å². The minimum Gasteiger partial charge on any atom is -0.399 e. The molecule has 0 bridgehead atoms. The molecule has 0 saturated carbocycles. The van der Waals surface area contributed by atoms with Crippen LogP contribution in [0.4, 0.5) is 5.69 Å². The zero-order valence-electron chi connectivity index (χ0n) is 10.5. The van der Waals surface area contributed by atoms with Gasteiger partial charge in [0.1, 0.15) is 5.82 Å². The van der Waals surface area contributed by atoms with Crippen molar-refractivity contribution in [3.8, 4) is 0 Å². The Morgan fingerprint density at radius 3 is 2.79 bits per heavy atom. The van der Waals surface area contributed by atoms with Crippen LogP contribution in [-0.4, -0.2) is 47.9 Å². The van der Waals surface area contributed by atoms with Gasteiger partial charge in [0, 0.05) is 18.8 Å². The lowest BCUT2D eigenvalue weighted by Gasteiger charge is -2.25. The summed E-state index contributed by atoms with van der Waals surface area (Å²) in [5.41, 5.74) is 8.22. The number of hydrogen-bond donors (Lipinski definition) is 2. The summed E-state index contributed by atoms with van der Waals surface area (Å²) in [6.07, 6.45) is 0. The molecule has 1 aromatic heterocycles. The SMILES string of the molecule is Nc1ccc2nc(CN3CCS(=O)(=O)CC3)[nH]c2c1. The molecule has 0 amide bonds. The molecule has 0 radical (unpaired) electrons. The molecule has 1 aromatic carbocycles. The fourth-order valence-corrected chi connectivity index (χ4v) is 3.55. The third-order valence-electron chi connectivity index (χ3n) is 3.37. The first-order valence-corrected chi connectivity index (χ1v) is 8.01. The fraction of sp³-hybridized carbons (Fsp3) is 0.417. The van der Waals surface area contributed by atoms with Crippen molar-refractivity contribution < 1.29 is 8.42 Å². The molecule has 0 aliphatic carbocycles. The van der Waals surface area contributed by atoms with Gasteiger partial charge in [0.2, 0.25) is 0 Å². The van der Waals surface area contributed by atoms with E-state index in [1.807, 2.05) is 18.2 Å². The lowest BCUT2D eigenvalue weighted by atomic mass is 10.3. The highest BCUT2D eigenvalue weighted by Crippen LogP contribution is 2.16. The van der Waals surface area contributed by atoms with Crippen LogP contribution < -0.4 is 5.73 Å². The Bertz CT molecular complexity index is 694. The molecule has 0 unspecified atom stereocenters. The van der Waals surface area contributed by atoms with Crippen molar-refractivity contribution in [2.45, 2.75) is 6.54 Å². The molecule has 2 heterocycles. The number of sulfone groups is 1. The van der Waals surface area contributed by atoms with Crippen molar-refractivity contribution in [2.75, 3.05) is 30.3 Å². The van der Waals surface area contributed by atoms with E-state index in [1.54, 1.807) is 0 Å². The number of rotatable bonds is 2. The van der Waals surface area contributed by atoms with E-state index in [-0.39, 0.29) is 11.5 Å². The summed E-state index contributed by atoms with van der Waals surface area (Å²) in [4.78, 5) is 9.80. The predicted molar refractivity (Wildman–Crippen MR) is 74.4 cm³/mol. The molecule has 7 heteroatoms. The smallest absolute Gasteiger partial charge is 0.152 e. The van der Waals surface area contributed by atoms with Crippen LogP contribution >= 0.6 is 0 Å². The van der Waals surface area contributed by atoms with E-state index in [4.69, 9.17) is 5.73 Å². The van der Waals surface area contributed by atoms with Gasteiger partial charge in [0.15, 0.2) is 9.84 Å². The maximum Gasteiger partial charge on any atom is 0.152 e. The lowest BCUT2D eigenvalue weighted by Crippen LogP contribution is -2.39. The van der Waals surface area contributed by atoms with Crippen LogP contribution in [0.15, 0.2) is 18.2 Å². The molecule has 3 N–H and O–H groups in total. The second-order valence-corrected chi connectivity index (χ2v) is 7.19. The first kappa shape index (κ1) is 12.4. The van der Waals surface area contributed by atoms with Gasteiger partial charge in [0.05, 0.1) is 29.1 Å². The van der Waals surface area contributed by atoms with Crippen LogP contribution in [-0.2, 0) is 16.4 Å². The number of nitrogens with one attached hydrogen (secondary N) is 1. The third kappa shape index (κ3) is 2.71. The monoisotopic (exact) mass is 280 g/mol. The van der Waals surface area contributed by atoms with Gasteiger partial charge in [-0.15, -0.1) is 0 Å². The second kappa shape index (κ2) is 4.50. The summed E-state index contributed by atoms with van der Waals surface area (Å²) >= 11 is 0. The highest BCUT2D eigenvalue weighted by atomic mass is 32.2. The first-order chi connectivity index (χ1) is 9.02. The van der Waals surface area contributed by atoms with Gasteiger partial charge < -0.3 is 10.7 Å². The van der Waals surface area contributed by atoms with E-state index >= 15 is 0 Å². The minimum atomic E-state index is -2.83. The fourth-order valence-electron chi connectivity index (χ4n) is 2.28. The number of nitrogens with zero attached hydrogens (tertiary/aromatic N) is 2. The number of H-pyrrole nitrogens is 1. The largest absolute Gasteiger partial charge is 0.399 e. The van der Waals surface area contributed by atoms with Gasteiger partial charge >= 0.3 is 0 Å². The molecule has 102 valence electrons. The number of nitrogens with two attached hydrogens (primary N) is 1. The maximum atomic E-state index is 11.4. The number of imidazole rings is 1. The summed E-state index contributed by atoms with van der Waals surface area (Å²) in [5, 5.41) is 0. The Balaban J connectivity index is 1.75. The van der Waals surface area contributed by atoms with Gasteiger partial charge in [-0.2, -0.15) is 0 Å². The summed E-state index contributed by atoms with van der Waals surface area (Å²) in [6, 6.07) is 5.55. The zero-order chi connectivity index (χ0) is 13.5. The standard InChI is InChI=1S/C12H16N4O2S/c13-9-1-2-10-11(7-9)15-12(14-10)8-16-3-5-19(17,18)6-4-16/h1-2,7H,3-6,8,13H2,(H,14,15). The van der Waals surface area contributed by atoms with E-state index < -0.39 is 9.84 Å². The predicted octanol–water partition coefficient (Wildman–Crippen LogP) is 0.375. The van der Waals surface area contributed by atoms with Gasteiger partial charge in [-0.05, 0) is 18.2 Å². The van der Waals surface area contributed by atoms with Gasteiger partial charge in [-0.1, -0.05) is 0 Å². The molecular weight excluding hydrogens is 264 g/mol. The van der Waals surface area contributed by atoms with E-state index in [9.17, 15) is 8.42 Å². The Kier molecular flexibility index (Phi) is 2.94. The molecule has 0 atom stereocenters. The third-order valence-corrected chi connectivity index (χ3v) is 4.97. The molecule has 2 aromatic rings. The topological polar surface area (TPSA) is 92.1 Å². The van der Waals surface area contributed by atoms with Crippen molar-refractivity contribution >= 4 is 26.6 Å². The molecule has 19 heavy (non-hydrogen) atoms. The van der Waals surface area contributed by atoms with Crippen molar-refractivity contribution in [1.29, 1.82) is 0 Å². The number of aromatic amines is 1. The number of aromatic nitrogens is 2. The van der Waals surface area contributed by atoms with Crippen molar-refractivity contribution in [1.82, 2.24) is 14.9 Å².